The predicted octanol–water partition coefficient (Wildman–Crippen LogP) is 4.38. The SMILES string of the molecule is CC/C=C(\C(F)=C/CC)c1cc(C)c[nH]1. The first kappa shape index (κ1) is 11.8. The van der Waals surface area contributed by atoms with Gasteiger partial charge in [0.15, 0.2) is 0 Å². The largest absolute Gasteiger partial charge is 0.361 e. The maximum atomic E-state index is 13.7. The lowest BCUT2D eigenvalue weighted by Gasteiger charge is -2.02. The number of rotatable bonds is 4. The van der Waals surface area contributed by atoms with Gasteiger partial charge in [-0.2, -0.15) is 0 Å². The maximum Gasteiger partial charge on any atom is 0.128 e. The van der Waals surface area contributed by atoms with Gasteiger partial charge in [0.2, 0.25) is 0 Å². The van der Waals surface area contributed by atoms with Gasteiger partial charge in [-0.1, -0.05) is 19.9 Å². The Kier molecular flexibility index (Phi) is 4.35. The lowest BCUT2D eigenvalue weighted by atomic mass is 10.1. The van der Waals surface area contributed by atoms with E-state index in [0.717, 1.165) is 17.7 Å². The summed E-state index contributed by atoms with van der Waals surface area (Å²) in [5.74, 6) is -0.138. The Bertz CT molecular complexity index is 372. The van der Waals surface area contributed by atoms with Crippen LogP contribution in [0.5, 0.6) is 0 Å². The Hall–Kier alpha value is -1.31. The molecule has 0 amide bonds. The summed E-state index contributed by atoms with van der Waals surface area (Å²) in [6, 6.07) is 1.96. The van der Waals surface area contributed by atoms with Crippen LogP contribution in [-0.4, -0.2) is 4.98 Å². The summed E-state index contributed by atoms with van der Waals surface area (Å²) in [7, 11) is 0. The molecule has 0 unspecified atom stereocenters. The minimum atomic E-state index is -0.138. The van der Waals surface area contributed by atoms with E-state index >= 15 is 0 Å². The van der Waals surface area contributed by atoms with Crippen LogP contribution in [0.2, 0.25) is 0 Å². The van der Waals surface area contributed by atoms with Crippen LogP contribution in [0.25, 0.3) is 5.57 Å². The molecule has 15 heavy (non-hydrogen) atoms. The highest BCUT2D eigenvalue weighted by Gasteiger charge is 2.07. The maximum absolute atomic E-state index is 13.7. The molecule has 2 heteroatoms. The van der Waals surface area contributed by atoms with E-state index in [9.17, 15) is 4.39 Å². The molecule has 0 aromatic carbocycles. The molecule has 0 aliphatic carbocycles. The molecule has 0 aliphatic rings. The molecule has 0 bridgehead atoms. The molecule has 82 valence electrons. The van der Waals surface area contributed by atoms with Gasteiger partial charge in [0.1, 0.15) is 5.83 Å². The van der Waals surface area contributed by atoms with Gasteiger partial charge in [0.25, 0.3) is 0 Å². The predicted molar refractivity (Wildman–Crippen MR) is 63.3 cm³/mol. The summed E-state index contributed by atoms with van der Waals surface area (Å²) >= 11 is 0. The number of aryl methyl sites for hydroxylation is 1. The monoisotopic (exact) mass is 207 g/mol. The molecule has 0 fully saturated rings. The van der Waals surface area contributed by atoms with Gasteiger partial charge in [0, 0.05) is 17.5 Å². The lowest BCUT2D eigenvalue weighted by molar-refractivity contribution is 0.666. The average Bonchev–Trinajstić information content (AvgIpc) is 2.61. The Morgan fingerprint density at radius 1 is 1.33 bits per heavy atom. The quantitative estimate of drug-likeness (QED) is 0.705. The van der Waals surface area contributed by atoms with E-state index < -0.39 is 0 Å². The lowest BCUT2D eigenvalue weighted by Crippen LogP contribution is -1.86. The fraction of sp³-hybridized carbons (Fsp3) is 0.385. The molecule has 1 heterocycles. The number of hydrogen-bond acceptors (Lipinski definition) is 0. The van der Waals surface area contributed by atoms with Gasteiger partial charge in [-0.05, 0) is 37.5 Å². The standard InChI is InChI=1S/C13H18FN/c1-4-6-11(12(14)7-5-2)13-8-10(3)9-15-13/h6-9,15H,4-5H2,1-3H3/b11-6+,12-7+. The van der Waals surface area contributed by atoms with Crippen LogP contribution in [0, 0.1) is 6.92 Å². The number of aromatic amines is 1. The second kappa shape index (κ2) is 5.54. The molecule has 0 spiro atoms. The third kappa shape index (κ3) is 3.08. The second-order valence-electron chi connectivity index (χ2n) is 3.58. The zero-order valence-electron chi connectivity index (χ0n) is 9.60. The highest BCUT2D eigenvalue weighted by molar-refractivity contribution is 5.75. The molecule has 0 radical (unpaired) electrons. The first-order chi connectivity index (χ1) is 7.19. The first-order valence-electron chi connectivity index (χ1n) is 5.40. The third-order valence-electron chi connectivity index (χ3n) is 2.17. The topological polar surface area (TPSA) is 15.8 Å². The Balaban J connectivity index is 3.04. The number of hydrogen-bond donors (Lipinski definition) is 1. The summed E-state index contributed by atoms with van der Waals surface area (Å²) < 4.78 is 13.7. The van der Waals surface area contributed by atoms with E-state index in [4.69, 9.17) is 0 Å². The van der Waals surface area contributed by atoms with Crippen molar-refractivity contribution in [2.24, 2.45) is 0 Å². The number of H-pyrrole nitrogens is 1. The average molecular weight is 207 g/mol. The van der Waals surface area contributed by atoms with E-state index in [1.807, 2.05) is 39.1 Å². The minimum absolute atomic E-state index is 0.138. The van der Waals surface area contributed by atoms with Crippen LogP contribution < -0.4 is 0 Å². The molecule has 1 aromatic rings. The van der Waals surface area contributed by atoms with Gasteiger partial charge < -0.3 is 4.98 Å². The van der Waals surface area contributed by atoms with Crippen molar-refractivity contribution in [2.75, 3.05) is 0 Å². The number of aromatic nitrogens is 1. The number of halogens is 1. The Labute approximate surface area is 90.7 Å². The highest BCUT2D eigenvalue weighted by Crippen LogP contribution is 2.24. The van der Waals surface area contributed by atoms with E-state index in [1.165, 1.54) is 0 Å². The summed E-state index contributed by atoms with van der Waals surface area (Å²) in [5, 5.41) is 0. The smallest absolute Gasteiger partial charge is 0.128 e. The van der Waals surface area contributed by atoms with Gasteiger partial charge >= 0.3 is 0 Å². The molecular weight excluding hydrogens is 189 g/mol. The summed E-state index contributed by atoms with van der Waals surface area (Å²) in [6.07, 6.45) is 6.95. The van der Waals surface area contributed by atoms with E-state index in [0.29, 0.717) is 12.0 Å². The van der Waals surface area contributed by atoms with E-state index in [1.54, 1.807) is 6.08 Å². The zero-order valence-corrected chi connectivity index (χ0v) is 9.60. The molecule has 0 saturated carbocycles. The molecule has 0 atom stereocenters. The normalized spacial score (nSPS) is 13.3. The summed E-state index contributed by atoms with van der Waals surface area (Å²) in [5.41, 5.74) is 2.65. The van der Waals surface area contributed by atoms with Crippen molar-refractivity contribution in [3.05, 3.63) is 41.5 Å². The van der Waals surface area contributed by atoms with Crippen molar-refractivity contribution >= 4 is 5.57 Å². The van der Waals surface area contributed by atoms with Crippen molar-refractivity contribution in [3.63, 3.8) is 0 Å². The van der Waals surface area contributed by atoms with Crippen molar-refractivity contribution in [2.45, 2.75) is 33.6 Å². The molecular formula is C13H18FN. The molecule has 1 N–H and O–H groups in total. The highest BCUT2D eigenvalue weighted by atomic mass is 19.1. The fourth-order valence-corrected chi connectivity index (χ4v) is 1.49. The van der Waals surface area contributed by atoms with Crippen LogP contribution in [0.1, 0.15) is 37.9 Å². The van der Waals surface area contributed by atoms with Gasteiger partial charge in [0.05, 0.1) is 0 Å². The van der Waals surface area contributed by atoms with Crippen molar-refractivity contribution in [3.8, 4) is 0 Å². The molecule has 1 aromatic heterocycles. The van der Waals surface area contributed by atoms with Gasteiger partial charge in [-0.3, -0.25) is 0 Å². The summed E-state index contributed by atoms with van der Waals surface area (Å²) in [4.78, 5) is 3.08. The molecule has 1 nitrogen and oxygen atoms in total. The van der Waals surface area contributed by atoms with Gasteiger partial charge in [-0.15, -0.1) is 0 Å². The van der Waals surface area contributed by atoms with E-state index in [-0.39, 0.29) is 5.83 Å². The fourth-order valence-electron chi connectivity index (χ4n) is 1.49. The molecule has 1 rings (SSSR count). The van der Waals surface area contributed by atoms with Crippen LogP contribution in [0.15, 0.2) is 30.2 Å². The minimum Gasteiger partial charge on any atom is -0.361 e. The Morgan fingerprint density at radius 3 is 2.47 bits per heavy atom. The van der Waals surface area contributed by atoms with Crippen molar-refractivity contribution in [1.82, 2.24) is 4.98 Å². The van der Waals surface area contributed by atoms with Crippen LogP contribution in [0.4, 0.5) is 4.39 Å². The molecule has 0 saturated heterocycles. The van der Waals surface area contributed by atoms with Crippen LogP contribution in [-0.2, 0) is 0 Å². The van der Waals surface area contributed by atoms with E-state index in [2.05, 4.69) is 4.98 Å². The van der Waals surface area contributed by atoms with Crippen LogP contribution in [0.3, 0.4) is 0 Å². The van der Waals surface area contributed by atoms with Gasteiger partial charge in [-0.25, -0.2) is 4.39 Å². The van der Waals surface area contributed by atoms with Crippen molar-refractivity contribution in [1.29, 1.82) is 0 Å². The first-order valence-corrected chi connectivity index (χ1v) is 5.40. The number of allylic oxidation sites excluding steroid dienone is 4. The molecule has 0 aliphatic heterocycles. The van der Waals surface area contributed by atoms with Crippen molar-refractivity contribution < 1.29 is 4.39 Å². The third-order valence-corrected chi connectivity index (χ3v) is 2.17. The van der Waals surface area contributed by atoms with Crippen LogP contribution >= 0.6 is 0 Å². The summed E-state index contributed by atoms with van der Waals surface area (Å²) in [6.45, 7) is 5.93. The zero-order chi connectivity index (χ0) is 11.3. The Morgan fingerprint density at radius 2 is 2.00 bits per heavy atom. The second-order valence-corrected chi connectivity index (χ2v) is 3.58. The number of nitrogens with one attached hydrogen (secondary N) is 1.